The summed E-state index contributed by atoms with van der Waals surface area (Å²) in [7, 11) is 0. The average Bonchev–Trinajstić information content (AvgIpc) is 2.29. The Balaban J connectivity index is 2.78. The van der Waals surface area contributed by atoms with Crippen LogP contribution in [0.25, 0.3) is 0 Å². The maximum absolute atomic E-state index is 11.9. The molecular formula is C13H20N4O3. The third-order valence-corrected chi connectivity index (χ3v) is 2.52. The van der Waals surface area contributed by atoms with Gasteiger partial charge >= 0.3 is 0 Å². The highest BCUT2D eigenvalue weighted by atomic mass is 16.6. The molecule has 0 spiro atoms. The van der Waals surface area contributed by atoms with Crippen LogP contribution >= 0.6 is 0 Å². The van der Waals surface area contributed by atoms with E-state index in [-0.39, 0.29) is 17.1 Å². The van der Waals surface area contributed by atoms with Crippen molar-refractivity contribution in [3.63, 3.8) is 0 Å². The van der Waals surface area contributed by atoms with Gasteiger partial charge in [0.2, 0.25) is 5.91 Å². The molecule has 0 saturated heterocycles. The fourth-order valence-electron chi connectivity index (χ4n) is 1.56. The van der Waals surface area contributed by atoms with Crippen molar-refractivity contribution in [3.05, 3.63) is 27.9 Å². The predicted molar refractivity (Wildman–Crippen MR) is 76.6 cm³/mol. The molecule has 0 aliphatic carbocycles. The van der Waals surface area contributed by atoms with Gasteiger partial charge in [0.05, 0.1) is 4.92 Å². The topological polar surface area (TPSA) is 97.2 Å². The largest absolute Gasteiger partial charge is 0.358 e. The molecule has 1 aromatic rings. The third kappa shape index (κ3) is 4.49. The molecule has 1 unspecified atom stereocenters. The number of rotatable bonds is 4. The van der Waals surface area contributed by atoms with Gasteiger partial charge in [-0.15, -0.1) is 0 Å². The van der Waals surface area contributed by atoms with Gasteiger partial charge in [-0.3, -0.25) is 14.9 Å². The maximum atomic E-state index is 11.9. The van der Waals surface area contributed by atoms with Crippen LogP contribution in [0.15, 0.2) is 12.3 Å². The van der Waals surface area contributed by atoms with Crippen molar-refractivity contribution >= 4 is 17.4 Å². The van der Waals surface area contributed by atoms with Crippen LogP contribution in [0.1, 0.15) is 33.3 Å². The van der Waals surface area contributed by atoms with Crippen LogP contribution in [0.3, 0.4) is 0 Å². The molecule has 110 valence electrons. The van der Waals surface area contributed by atoms with Gasteiger partial charge < -0.3 is 10.6 Å². The van der Waals surface area contributed by atoms with Crippen molar-refractivity contribution in [2.24, 2.45) is 0 Å². The molecule has 1 amide bonds. The summed E-state index contributed by atoms with van der Waals surface area (Å²) in [6, 6.07) is 0.936. The number of amides is 1. The van der Waals surface area contributed by atoms with E-state index < -0.39 is 11.0 Å². The lowest BCUT2D eigenvalue weighted by atomic mass is 10.1. The number of aryl methyl sites for hydroxylation is 1. The Kier molecular flexibility index (Phi) is 4.65. The van der Waals surface area contributed by atoms with Crippen LogP contribution in [0.4, 0.5) is 11.5 Å². The number of anilines is 1. The molecule has 0 aliphatic heterocycles. The van der Waals surface area contributed by atoms with E-state index in [1.807, 2.05) is 20.8 Å². The molecule has 0 aliphatic rings. The first-order valence-corrected chi connectivity index (χ1v) is 6.30. The second-order valence-corrected chi connectivity index (χ2v) is 5.72. The number of nitrogens with one attached hydrogen (secondary N) is 2. The fraction of sp³-hybridized carbons (Fsp3) is 0.538. The average molecular weight is 280 g/mol. The van der Waals surface area contributed by atoms with Gasteiger partial charge in [0.25, 0.3) is 5.69 Å². The number of hydrogen-bond acceptors (Lipinski definition) is 5. The monoisotopic (exact) mass is 280 g/mol. The minimum Gasteiger partial charge on any atom is -0.358 e. The summed E-state index contributed by atoms with van der Waals surface area (Å²) in [5, 5.41) is 16.4. The van der Waals surface area contributed by atoms with E-state index in [4.69, 9.17) is 0 Å². The first-order valence-electron chi connectivity index (χ1n) is 6.30. The number of nitro groups is 1. The van der Waals surface area contributed by atoms with E-state index in [2.05, 4.69) is 15.6 Å². The highest BCUT2D eigenvalue weighted by Crippen LogP contribution is 2.18. The zero-order chi connectivity index (χ0) is 15.5. The molecule has 0 saturated carbocycles. The van der Waals surface area contributed by atoms with Crippen molar-refractivity contribution in [2.75, 3.05) is 5.32 Å². The van der Waals surface area contributed by atoms with Crippen molar-refractivity contribution in [3.8, 4) is 0 Å². The van der Waals surface area contributed by atoms with E-state index in [1.54, 1.807) is 13.8 Å². The van der Waals surface area contributed by atoms with Gasteiger partial charge in [-0.25, -0.2) is 4.98 Å². The van der Waals surface area contributed by atoms with Gasteiger partial charge in [0.15, 0.2) is 0 Å². The van der Waals surface area contributed by atoms with Crippen LogP contribution in [-0.2, 0) is 4.79 Å². The van der Waals surface area contributed by atoms with E-state index in [0.717, 1.165) is 0 Å². The second kappa shape index (κ2) is 5.85. The Labute approximate surface area is 117 Å². The Morgan fingerprint density at radius 2 is 2.05 bits per heavy atom. The van der Waals surface area contributed by atoms with Crippen LogP contribution in [0.2, 0.25) is 0 Å². The fourth-order valence-corrected chi connectivity index (χ4v) is 1.56. The third-order valence-electron chi connectivity index (χ3n) is 2.52. The molecule has 7 heteroatoms. The highest BCUT2D eigenvalue weighted by molar-refractivity contribution is 5.84. The summed E-state index contributed by atoms with van der Waals surface area (Å²) in [5.41, 5.74) is 0.236. The number of aromatic nitrogens is 1. The number of pyridine rings is 1. The zero-order valence-corrected chi connectivity index (χ0v) is 12.4. The second-order valence-electron chi connectivity index (χ2n) is 5.72. The molecule has 7 nitrogen and oxygen atoms in total. The van der Waals surface area contributed by atoms with Crippen LogP contribution in [-0.4, -0.2) is 27.4 Å². The Morgan fingerprint density at radius 1 is 1.45 bits per heavy atom. The molecule has 1 heterocycles. The van der Waals surface area contributed by atoms with E-state index in [9.17, 15) is 14.9 Å². The molecule has 0 radical (unpaired) electrons. The SMILES string of the molecule is Cc1cc([N+](=O)[O-])cnc1NC(C)C(=O)NC(C)(C)C. The summed E-state index contributed by atoms with van der Waals surface area (Å²) in [5.74, 6) is 0.309. The smallest absolute Gasteiger partial charge is 0.287 e. The molecule has 0 bridgehead atoms. The number of hydrogen-bond donors (Lipinski definition) is 2. The van der Waals surface area contributed by atoms with Gasteiger partial charge in [0.1, 0.15) is 18.1 Å². The minimum atomic E-state index is -0.500. The summed E-state index contributed by atoms with van der Waals surface area (Å²) < 4.78 is 0. The highest BCUT2D eigenvalue weighted by Gasteiger charge is 2.20. The molecular weight excluding hydrogens is 260 g/mol. The van der Waals surface area contributed by atoms with Crippen molar-refractivity contribution < 1.29 is 9.72 Å². The number of nitrogens with zero attached hydrogens (tertiary/aromatic N) is 2. The molecule has 2 N–H and O–H groups in total. The number of carbonyl (C=O) groups excluding carboxylic acids is 1. The normalized spacial score (nSPS) is 12.7. The summed E-state index contributed by atoms with van der Waals surface area (Å²) in [4.78, 5) is 26.1. The van der Waals surface area contributed by atoms with Crippen molar-refractivity contribution in [1.29, 1.82) is 0 Å². The molecule has 1 atom stereocenters. The van der Waals surface area contributed by atoms with Gasteiger partial charge in [-0.05, 0) is 40.2 Å². The lowest BCUT2D eigenvalue weighted by molar-refractivity contribution is -0.385. The molecule has 20 heavy (non-hydrogen) atoms. The maximum Gasteiger partial charge on any atom is 0.287 e. The molecule has 0 aromatic carbocycles. The molecule has 0 fully saturated rings. The Morgan fingerprint density at radius 3 is 2.50 bits per heavy atom. The van der Waals surface area contributed by atoms with Gasteiger partial charge in [-0.1, -0.05) is 0 Å². The van der Waals surface area contributed by atoms with E-state index in [0.29, 0.717) is 11.4 Å². The summed E-state index contributed by atoms with van der Waals surface area (Å²) in [6.45, 7) is 9.10. The summed E-state index contributed by atoms with van der Waals surface area (Å²) >= 11 is 0. The first kappa shape index (κ1) is 15.9. The van der Waals surface area contributed by atoms with Crippen LogP contribution < -0.4 is 10.6 Å². The van der Waals surface area contributed by atoms with Gasteiger partial charge in [0, 0.05) is 11.6 Å². The standard InChI is InChI=1S/C13H20N4O3/c1-8-6-10(17(19)20)7-14-11(8)15-9(2)12(18)16-13(3,4)5/h6-7,9H,1-5H3,(H,14,15)(H,16,18). The molecule has 1 aromatic heterocycles. The lowest BCUT2D eigenvalue weighted by Crippen LogP contribution is -2.47. The predicted octanol–water partition coefficient (Wildman–Crippen LogP) is 2.01. The van der Waals surface area contributed by atoms with Crippen LogP contribution in [0.5, 0.6) is 0 Å². The first-order chi connectivity index (χ1) is 9.10. The Bertz CT molecular complexity index is 523. The van der Waals surface area contributed by atoms with E-state index in [1.165, 1.54) is 12.3 Å². The number of carbonyl (C=O) groups is 1. The quantitative estimate of drug-likeness (QED) is 0.649. The van der Waals surface area contributed by atoms with E-state index >= 15 is 0 Å². The Hall–Kier alpha value is -2.18. The van der Waals surface area contributed by atoms with Crippen molar-refractivity contribution in [1.82, 2.24) is 10.3 Å². The van der Waals surface area contributed by atoms with Crippen molar-refractivity contribution in [2.45, 2.75) is 46.2 Å². The minimum absolute atomic E-state index is 0.0696. The van der Waals surface area contributed by atoms with Crippen LogP contribution in [0, 0.1) is 17.0 Å². The lowest BCUT2D eigenvalue weighted by Gasteiger charge is -2.24. The summed E-state index contributed by atoms with van der Waals surface area (Å²) in [6.07, 6.45) is 1.17. The van der Waals surface area contributed by atoms with Gasteiger partial charge in [-0.2, -0.15) is 0 Å². The zero-order valence-electron chi connectivity index (χ0n) is 12.4. The molecule has 1 rings (SSSR count).